The van der Waals surface area contributed by atoms with Crippen LogP contribution in [0.5, 0.6) is 0 Å². The van der Waals surface area contributed by atoms with Gasteiger partial charge in [-0.1, -0.05) is 23.7 Å². The topological polar surface area (TPSA) is 54.9 Å². The van der Waals surface area contributed by atoms with Crippen molar-refractivity contribution in [1.82, 2.24) is 9.55 Å². The number of halogens is 1. The lowest BCUT2D eigenvalue weighted by Crippen LogP contribution is -2.11. The molecule has 0 radical (unpaired) electrons. The predicted octanol–water partition coefficient (Wildman–Crippen LogP) is 4.34. The maximum absolute atomic E-state index is 13.0. The molecule has 0 unspecified atom stereocenters. The molecule has 0 atom stereocenters. The van der Waals surface area contributed by atoms with Gasteiger partial charge in [0, 0.05) is 39.1 Å². The third-order valence-electron chi connectivity index (χ3n) is 4.99. The Balaban J connectivity index is 2.06. The van der Waals surface area contributed by atoms with Crippen molar-refractivity contribution < 1.29 is 0 Å². The van der Waals surface area contributed by atoms with Crippen LogP contribution in [0.2, 0.25) is 5.02 Å². The number of nitrogens with one attached hydrogen (secondary N) is 1. The molecule has 2 aromatic heterocycles. The van der Waals surface area contributed by atoms with Crippen LogP contribution in [0.15, 0.2) is 64.2 Å². The summed E-state index contributed by atoms with van der Waals surface area (Å²) >= 11 is 6.08. The minimum atomic E-state index is -0.0912. The van der Waals surface area contributed by atoms with Gasteiger partial charge in [-0.3, -0.25) is 9.59 Å². The molecule has 3 aromatic carbocycles. The summed E-state index contributed by atoms with van der Waals surface area (Å²) < 4.78 is 1.93. The minimum Gasteiger partial charge on any atom is -0.354 e. The zero-order chi connectivity index (χ0) is 18.0. The van der Waals surface area contributed by atoms with Gasteiger partial charge in [0.2, 0.25) is 0 Å². The Morgan fingerprint density at radius 3 is 2.35 bits per heavy atom. The van der Waals surface area contributed by atoms with Gasteiger partial charge in [-0.25, -0.2) is 0 Å². The monoisotopic (exact) mass is 360 g/mol. The molecule has 26 heavy (non-hydrogen) atoms. The van der Waals surface area contributed by atoms with Crippen LogP contribution >= 0.6 is 11.6 Å². The zero-order valence-electron chi connectivity index (χ0n) is 13.8. The smallest absolute Gasteiger partial charge is 0.197 e. The van der Waals surface area contributed by atoms with Crippen LogP contribution in [-0.4, -0.2) is 9.55 Å². The molecular formula is C21H13ClN2O2. The normalized spacial score (nSPS) is 11.8. The van der Waals surface area contributed by atoms with E-state index in [9.17, 15) is 9.59 Å². The van der Waals surface area contributed by atoms with Gasteiger partial charge in [0.25, 0.3) is 0 Å². The van der Waals surface area contributed by atoms with Crippen LogP contribution in [0.4, 0.5) is 0 Å². The Kier molecular flexibility index (Phi) is 3.03. The van der Waals surface area contributed by atoms with Crippen molar-refractivity contribution in [2.75, 3.05) is 0 Å². The molecule has 0 bridgehead atoms. The van der Waals surface area contributed by atoms with Gasteiger partial charge < -0.3 is 9.55 Å². The largest absolute Gasteiger partial charge is 0.354 e. The lowest BCUT2D eigenvalue weighted by atomic mass is 10.0. The number of benzene rings is 3. The van der Waals surface area contributed by atoms with Crippen molar-refractivity contribution in [3.05, 3.63) is 80.1 Å². The third kappa shape index (κ3) is 1.96. The molecule has 0 aliphatic carbocycles. The molecule has 0 saturated heterocycles. The first-order valence-electron chi connectivity index (χ1n) is 8.21. The van der Waals surface area contributed by atoms with Crippen LogP contribution in [0.3, 0.4) is 0 Å². The fraction of sp³-hybridized carbons (Fsp3) is 0.0476. The second-order valence-corrected chi connectivity index (χ2v) is 6.90. The van der Waals surface area contributed by atoms with E-state index in [-0.39, 0.29) is 10.9 Å². The average molecular weight is 361 g/mol. The van der Waals surface area contributed by atoms with E-state index >= 15 is 0 Å². The lowest BCUT2D eigenvalue weighted by Gasteiger charge is -2.12. The highest BCUT2D eigenvalue weighted by Crippen LogP contribution is 2.24. The molecule has 5 rings (SSSR count). The number of pyridine rings is 2. The predicted molar refractivity (Wildman–Crippen MR) is 107 cm³/mol. The number of aryl methyl sites for hydroxylation is 1. The number of para-hydroxylation sites is 1. The van der Waals surface area contributed by atoms with Crippen LogP contribution in [0.25, 0.3) is 43.6 Å². The third-order valence-corrected chi connectivity index (χ3v) is 5.23. The number of H-pyrrole nitrogens is 1. The summed E-state index contributed by atoms with van der Waals surface area (Å²) in [5, 5.41) is 2.85. The Hall–Kier alpha value is -3.11. The summed E-state index contributed by atoms with van der Waals surface area (Å²) in [6.45, 7) is 0. The van der Waals surface area contributed by atoms with Crippen molar-refractivity contribution in [3.63, 3.8) is 0 Å². The number of hydrogen-bond acceptors (Lipinski definition) is 2. The highest BCUT2D eigenvalue weighted by atomic mass is 35.5. The van der Waals surface area contributed by atoms with Gasteiger partial charge in [0.05, 0.1) is 16.6 Å². The van der Waals surface area contributed by atoms with Crippen molar-refractivity contribution in [3.8, 4) is 0 Å². The molecule has 1 N–H and O–H groups in total. The van der Waals surface area contributed by atoms with Crippen LogP contribution < -0.4 is 10.9 Å². The Labute approximate surface area is 152 Å². The van der Waals surface area contributed by atoms with E-state index in [0.29, 0.717) is 32.1 Å². The molecule has 0 saturated carbocycles. The molecule has 2 heterocycles. The van der Waals surface area contributed by atoms with Gasteiger partial charge >= 0.3 is 0 Å². The van der Waals surface area contributed by atoms with Gasteiger partial charge in [-0.05, 0) is 42.5 Å². The van der Waals surface area contributed by atoms with E-state index in [1.165, 1.54) is 0 Å². The molecule has 0 aliphatic rings. The summed E-state index contributed by atoms with van der Waals surface area (Å²) in [7, 11) is 1.89. The van der Waals surface area contributed by atoms with E-state index < -0.39 is 0 Å². The minimum absolute atomic E-state index is 0.0418. The van der Waals surface area contributed by atoms with Crippen LogP contribution in [0.1, 0.15) is 0 Å². The highest BCUT2D eigenvalue weighted by molar-refractivity contribution is 6.31. The number of nitrogens with zero attached hydrogens (tertiary/aromatic N) is 1. The lowest BCUT2D eigenvalue weighted by molar-refractivity contribution is 1.00. The number of fused-ring (bicyclic) bond motifs is 4. The van der Waals surface area contributed by atoms with Crippen molar-refractivity contribution in [1.29, 1.82) is 0 Å². The summed E-state index contributed by atoms with van der Waals surface area (Å²) in [4.78, 5) is 29.2. The fourth-order valence-corrected chi connectivity index (χ4v) is 3.85. The molecular weight excluding hydrogens is 348 g/mol. The Morgan fingerprint density at radius 2 is 1.50 bits per heavy atom. The quantitative estimate of drug-likeness (QED) is 0.418. The van der Waals surface area contributed by atoms with Crippen molar-refractivity contribution in [2.45, 2.75) is 0 Å². The van der Waals surface area contributed by atoms with Gasteiger partial charge in [-0.15, -0.1) is 0 Å². The standard InChI is InChI=1S/C21H13ClN2O2/c1-24-18-7-6-11(22)8-14(18)21(26)15-9-17-13(10-19(15)24)20(25)12-4-2-3-5-16(12)23-17/h2-10H,1H3,(H,23,25). The number of aromatic amines is 1. The second kappa shape index (κ2) is 5.19. The summed E-state index contributed by atoms with van der Waals surface area (Å²) in [6, 6.07) is 16.2. The SMILES string of the molecule is Cn1c2ccc(Cl)cc2c(=O)c2cc3[nH]c4ccccc4c(=O)c3cc21. The summed E-state index contributed by atoms with van der Waals surface area (Å²) in [5.74, 6) is 0. The highest BCUT2D eigenvalue weighted by Gasteiger charge is 2.13. The van der Waals surface area contributed by atoms with E-state index in [4.69, 9.17) is 11.6 Å². The van der Waals surface area contributed by atoms with Gasteiger partial charge in [-0.2, -0.15) is 0 Å². The first kappa shape index (κ1) is 15.2. The average Bonchev–Trinajstić information content (AvgIpc) is 2.65. The fourth-order valence-electron chi connectivity index (χ4n) is 3.68. The molecule has 0 amide bonds. The first-order valence-corrected chi connectivity index (χ1v) is 8.59. The van der Waals surface area contributed by atoms with Gasteiger partial charge in [0.1, 0.15) is 0 Å². The zero-order valence-corrected chi connectivity index (χ0v) is 14.6. The van der Waals surface area contributed by atoms with E-state index in [2.05, 4.69) is 4.98 Å². The second-order valence-electron chi connectivity index (χ2n) is 6.46. The van der Waals surface area contributed by atoms with Gasteiger partial charge in [0.15, 0.2) is 10.9 Å². The van der Waals surface area contributed by atoms with Crippen LogP contribution in [0, 0.1) is 0 Å². The number of hydrogen-bond donors (Lipinski definition) is 1. The Morgan fingerprint density at radius 1 is 0.769 bits per heavy atom. The van der Waals surface area contributed by atoms with Crippen LogP contribution in [-0.2, 0) is 7.05 Å². The number of aromatic nitrogens is 2. The molecule has 5 heteroatoms. The maximum atomic E-state index is 13.0. The summed E-state index contributed by atoms with van der Waals surface area (Å²) in [6.07, 6.45) is 0. The number of rotatable bonds is 0. The molecule has 0 spiro atoms. The molecule has 4 nitrogen and oxygen atoms in total. The first-order chi connectivity index (χ1) is 12.5. The van der Waals surface area contributed by atoms with Crippen molar-refractivity contribution >= 4 is 55.2 Å². The molecule has 0 fully saturated rings. The molecule has 126 valence electrons. The molecule has 0 aliphatic heterocycles. The Bertz CT molecular complexity index is 1500. The van der Waals surface area contributed by atoms with E-state index in [0.717, 1.165) is 16.6 Å². The maximum Gasteiger partial charge on any atom is 0.197 e. The molecule has 5 aromatic rings. The van der Waals surface area contributed by atoms with Crippen molar-refractivity contribution in [2.24, 2.45) is 7.05 Å². The van der Waals surface area contributed by atoms with E-state index in [1.54, 1.807) is 30.3 Å². The summed E-state index contributed by atoms with van der Waals surface area (Å²) in [5.41, 5.74) is 2.78. The van der Waals surface area contributed by atoms with E-state index in [1.807, 2.05) is 35.9 Å².